The van der Waals surface area contributed by atoms with Crippen LogP contribution in [0.5, 0.6) is 0 Å². The van der Waals surface area contributed by atoms with Crippen LogP contribution >= 0.6 is 58.2 Å². The van der Waals surface area contributed by atoms with Gasteiger partial charge >= 0.3 is 0 Å². The van der Waals surface area contributed by atoms with Crippen LogP contribution in [0, 0.1) is 0 Å². The predicted octanol–water partition coefficient (Wildman–Crippen LogP) is 10.2. The van der Waals surface area contributed by atoms with E-state index in [2.05, 4.69) is 26.3 Å². The van der Waals surface area contributed by atoms with Crippen molar-refractivity contribution in [2.24, 2.45) is 0 Å². The fraction of sp³-hybridized carbons (Fsp3) is 0.0588. The van der Waals surface area contributed by atoms with Gasteiger partial charge in [-0.15, -0.1) is 0 Å². The van der Waals surface area contributed by atoms with Crippen LogP contribution in [0.1, 0.15) is 11.4 Å². The maximum absolute atomic E-state index is 12.9. The third-order valence-electron chi connectivity index (χ3n) is 7.23. The van der Waals surface area contributed by atoms with Gasteiger partial charge in [-0.05, 0) is 72.8 Å². The van der Waals surface area contributed by atoms with Gasteiger partial charge in [0, 0.05) is 44.4 Å². The van der Waals surface area contributed by atoms with E-state index in [1.807, 2.05) is 36.4 Å². The first-order valence-electron chi connectivity index (χ1n) is 14.3. The molecule has 14 heteroatoms. The molecule has 4 aromatic carbocycles. The van der Waals surface area contributed by atoms with Gasteiger partial charge in [-0.3, -0.25) is 9.59 Å². The van der Waals surface area contributed by atoms with Gasteiger partial charge in [-0.1, -0.05) is 68.5 Å². The SMILES string of the molecule is O=C(Cc1cc(-c2ccc(Cl)c(Cl)c2)on1)Nc1ccc2c(c1)Sc1cc(NC(=O)Cc3cc(-c4ccc(Cl)c(Cl)c4)on3)ccc1N2. The predicted molar refractivity (Wildman–Crippen MR) is 189 cm³/mol. The Morgan fingerprint density at radius 3 is 1.50 bits per heavy atom. The van der Waals surface area contributed by atoms with Crippen molar-refractivity contribution >= 4 is 92.7 Å². The fourth-order valence-corrected chi connectivity index (χ4v) is 6.60. The fourth-order valence-electron chi connectivity index (χ4n) is 4.94. The lowest BCUT2D eigenvalue weighted by molar-refractivity contribution is -0.116. The molecule has 2 aromatic heterocycles. The lowest BCUT2D eigenvalue weighted by Gasteiger charge is -2.22. The molecule has 0 unspecified atom stereocenters. The number of hydrogen-bond acceptors (Lipinski definition) is 8. The number of hydrogen-bond donors (Lipinski definition) is 3. The summed E-state index contributed by atoms with van der Waals surface area (Å²) in [7, 11) is 0. The van der Waals surface area contributed by atoms with Crippen LogP contribution in [-0.4, -0.2) is 22.1 Å². The number of benzene rings is 4. The van der Waals surface area contributed by atoms with Crippen molar-refractivity contribution in [1.29, 1.82) is 0 Å². The summed E-state index contributed by atoms with van der Waals surface area (Å²) >= 11 is 25.7. The van der Waals surface area contributed by atoms with Gasteiger partial charge in [-0.2, -0.15) is 0 Å². The molecule has 9 nitrogen and oxygen atoms in total. The Hall–Kier alpha value is -4.45. The second-order valence-electron chi connectivity index (χ2n) is 10.7. The van der Waals surface area contributed by atoms with Crippen LogP contribution in [0.25, 0.3) is 22.6 Å². The molecule has 0 fully saturated rings. The number of halogens is 4. The lowest BCUT2D eigenvalue weighted by atomic mass is 10.1. The molecular formula is C34H21Cl4N5O4S. The Labute approximate surface area is 297 Å². The average molecular weight is 737 g/mol. The van der Waals surface area contributed by atoms with Gasteiger partial charge in [-0.25, -0.2) is 0 Å². The van der Waals surface area contributed by atoms with Crippen molar-refractivity contribution in [2.45, 2.75) is 22.6 Å². The van der Waals surface area contributed by atoms with Crippen molar-refractivity contribution in [3.63, 3.8) is 0 Å². The Morgan fingerprint density at radius 1 is 0.604 bits per heavy atom. The highest BCUT2D eigenvalue weighted by Crippen LogP contribution is 2.46. The third kappa shape index (κ3) is 7.18. The molecule has 6 aromatic rings. The third-order valence-corrected chi connectivity index (χ3v) is 9.82. The summed E-state index contributed by atoms with van der Waals surface area (Å²) < 4.78 is 10.8. The molecule has 0 saturated heterocycles. The molecule has 48 heavy (non-hydrogen) atoms. The second kappa shape index (κ2) is 13.6. The Morgan fingerprint density at radius 2 is 1.06 bits per heavy atom. The van der Waals surface area contributed by atoms with Crippen molar-refractivity contribution in [2.75, 3.05) is 16.0 Å². The number of anilines is 4. The van der Waals surface area contributed by atoms with Crippen molar-refractivity contribution < 1.29 is 18.6 Å². The van der Waals surface area contributed by atoms with Gasteiger partial charge in [0.15, 0.2) is 11.5 Å². The molecule has 1 aliphatic heterocycles. The van der Waals surface area contributed by atoms with Gasteiger partial charge in [0.05, 0.1) is 55.7 Å². The lowest BCUT2D eigenvalue weighted by Crippen LogP contribution is -2.15. The normalized spacial score (nSPS) is 11.8. The Kier molecular flexibility index (Phi) is 9.09. The second-order valence-corrected chi connectivity index (χ2v) is 13.4. The van der Waals surface area contributed by atoms with Gasteiger partial charge in [0.25, 0.3) is 0 Å². The number of rotatable bonds is 8. The summed E-state index contributed by atoms with van der Waals surface area (Å²) in [6.07, 6.45) is 0.0363. The van der Waals surface area contributed by atoms with E-state index in [0.717, 1.165) is 21.2 Å². The van der Waals surface area contributed by atoms with Crippen LogP contribution in [-0.2, 0) is 22.4 Å². The average Bonchev–Trinajstić information content (AvgIpc) is 3.72. The van der Waals surface area contributed by atoms with Gasteiger partial charge < -0.3 is 25.0 Å². The van der Waals surface area contributed by atoms with E-state index in [0.29, 0.717) is 65.5 Å². The molecule has 0 radical (unpaired) electrons. The zero-order chi connectivity index (χ0) is 33.4. The van der Waals surface area contributed by atoms with E-state index in [1.54, 1.807) is 48.5 Å². The topological polar surface area (TPSA) is 122 Å². The standard InChI is InChI=1S/C34H21Cl4N5O4S/c35-23-5-1-17(9-25(23)37)29-11-21(42-46-29)15-33(44)39-19-3-7-27-31(13-19)48-32-14-20(4-8-28(32)41-27)40-34(45)16-22-12-30(47-43-22)18-2-6-24(36)26(38)10-18/h1-14,41H,15-16H2,(H,39,44)(H,40,45). The van der Waals surface area contributed by atoms with Crippen LogP contribution in [0.2, 0.25) is 20.1 Å². The summed E-state index contributed by atoms with van der Waals surface area (Å²) in [5.41, 5.74) is 5.40. The number of nitrogens with one attached hydrogen (secondary N) is 3. The number of carbonyl (C=O) groups excluding carboxylic acids is 2. The summed E-state index contributed by atoms with van der Waals surface area (Å²) in [5.74, 6) is 0.460. The summed E-state index contributed by atoms with van der Waals surface area (Å²) in [5, 5.41) is 19.0. The first-order valence-corrected chi connectivity index (χ1v) is 16.6. The summed E-state index contributed by atoms with van der Waals surface area (Å²) in [6.45, 7) is 0. The molecule has 240 valence electrons. The molecule has 0 atom stereocenters. The molecule has 3 N–H and O–H groups in total. The van der Waals surface area contributed by atoms with Crippen molar-refractivity contribution in [1.82, 2.24) is 10.3 Å². The summed E-state index contributed by atoms with van der Waals surface area (Å²) in [4.78, 5) is 27.5. The number of carbonyl (C=O) groups is 2. The number of aromatic nitrogens is 2. The van der Waals surface area contributed by atoms with E-state index >= 15 is 0 Å². The summed E-state index contributed by atoms with van der Waals surface area (Å²) in [6, 6.07) is 24.8. The van der Waals surface area contributed by atoms with Crippen LogP contribution in [0.15, 0.2) is 104 Å². The largest absolute Gasteiger partial charge is 0.356 e. The number of nitrogens with zero attached hydrogens (tertiary/aromatic N) is 2. The zero-order valence-corrected chi connectivity index (χ0v) is 28.3. The van der Waals surface area contributed by atoms with Crippen LogP contribution in [0.4, 0.5) is 22.7 Å². The maximum Gasteiger partial charge on any atom is 0.230 e. The highest BCUT2D eigenvalue weighted by atomic mass is 35.5. The van der Waals surface area contributed by atoms with E-state index < -0.39 is 0 Å². The molecular weight excluding hydrogens is 716 g/mol. The first-order chi connectivity index (χ1) is 23.2. The van der Waals surface area contributed by atoms with Gasteiger partial charge in [0.2, 0.25) is 11.8 Å². The quantitative estimate of drug-likeness (QED) is 0.141. The Bertz CT molecular complexity index is 2070. The van der Waals surface area contributed by atoms with E-state index in [-0.39, 0.29) is 24.7 Å². The van der Waals surface area contributed by atoms with Gasteiger partial charge in [0.1, 0.15) is 0 Å². The molecule has 0 aliphatic carbocycles. The number of amides is 2. The van der Waals surface area contributed by atoms with E-state index in [4.69, 9.17) is 55.4 Å². The highest BCUT2D eigenvalue weighted by Gasteiger charge is 2.19. The molecule has 2 amide bonds. The first kappa shape index (κ1) is 32.1. The zero-order valence-electron chi connectivity index (χ0n) is 24.4. The van der Waals surface area contributed by atoms with Crippen LogP contribution < -0.4 is 16.0 Å². The molecule has 0 saturated carbocycles. The molecule has 7 rings (SSSR count). The molecule has 3 heterocycles. The number of fused-ring (bicyclic) bond motifs is 2. The minimum atomic E-state index is -0.251. The monoisotopic (exact) mass is 735 g/mol. The van der Waals surface area contributed by atoms with E-state index in [9.17, 15) is 9.59 Å². The Balaban J connectivity index is 0.966. The molecule has 1 aliphatic rings. The minimum Gasteiger partial charge on any atom is -0.356 e. The molecule has 0 bridgehead atoms. The van der Waals surface area contributed by atoms with Crippen LogP contribution in [0.3, 0.4) is 0 Å². The molecule has 0 spiro atoms. The maximum atomic E-state index is 12.9. The minimum absolute atomic E-state index is 0.0182. The highest BCUT2D eigenvalue weighted by molar-refractivity contribution is 7.99. The van der Waals surface area contributed by atoms with Crippen molar-refractivity contribution in [3.05, 3.63) is 116 Å². The van der Waals surface area contributed by atoms with Crippen molar-refractivity contribution in [3.8, 4) is 22.6 Å². The smallest absolute Gasteiger partial charge is 0.230 e. The van der Waals surface area contributed by atoms with E-state index in [1.165, 1.54) is 11.8 Å².